The van der Waals surface area contributed by atoms with Crippen LogP contribution in [0.2, 0.25) is 0 Å². The lowest BCUT2D eigenvalue weighted by atomic mass is 9.95. The third-order valence-electron chi connectivity index (χ3n) is 6.58. The summed E-state index contributed by atoms with van der Waals surface area (Å²) in [5, 5.41) is 19.1. The van der Waals surface area contributed by atoms with Gasteiger partial charge in [0, 0.05) is 37.1 Å². The Kier molecular flexibility index (Phi) is 6.95. The number of nitrogens with one attached hydrogen (secondary N) is 1. The Morgan fingerprint density at radius 3 is 2.73 bits per heavy atom. The zero-order valence-electron chi connectivity index (χ0n) is 19.1. The molecule has 176 valence electrons. The number of rotatable bonds is 8. The number of pyridine rings is 1. The number of hydrogen-bond donors (Lipinski definition) is 3. The Hall–Kier alpha value is -2.97. The number of aliphatic hydroxyl groups excluding tert-OH is 1. The minimum atomic E-state index is -0.984. The molecule has 1 aliphatic rings. The lowest BCUT2D eigenvalue weighted by molar-refractivity contribution is -0.145. The van der Waals surface area contributed by atoms with Crippen molar-refractivity contribution < 1.29 is 19.7 Å². The molecule has 3 heterocycles. The number of aliphatic carboxylic acids is 1. The van der Waals surface area contributed by atoms with E-state index in [1.165, 1.54) is 6.92 Å². The smallest absolute Gasteiger partial charge is 0.309 e. The van der Waals surface area contributed by atoms with E-state index in [0.717, 1.165) is 60.6 Å². The van der Waals surface area contributed by atoms with Crippen LogP contribution >= 0.6 is 0 Å². The zero-order chi connectivity index (χ0) is 23.5. The molecule has 2 aromatic heterocycles. The third kappa shape index (κ3) is 5.17. The van der Waals surface area contributed by atoms with Crippen molar-refractivity contribution in [3.63, 3.8) is 0 Å². The van der Waals surface area contributed by atoms with Crippen molar-refractivity contribution in [2.45, 2.75) is 52.2 Å². The molecule has 33 heavy (non-hydrogen) atoms. The number of carbonyl (C=O) groups is 1. The maximum Gasteiger partial charge on any atom is 0.309 e. The van der Waals surface area contributed by atoms with Crippen LogP contribution in [-0.4, -0.2) is 50.0 Å². The minimum Gasteiger partial charge on any atom is -0.481 e. The van der Waals surface area contributed by atoms with Crippen LogP contribution in [0.4, 0.5) is 0 Å². The molecule has 0 saturated carbocycles. The summed E-state index contributed by atoms with van der Waals surface area (Å²) in [5.74, 6) is -0.491. The molecule has 4 rings (SSSR count). The van der Waals surface area contributed by atoms with Crippen molar-refractivity contribution in [2.75, 3.05) is 13.2 Å². The summed E-state index contributed by atoms with van der Waals surface area (Å²) in [6.45, 7) is 5.65. The van der Waals surface area contributed by atoms with Gasteiger partial charge in [0.25, 0.3) is 5.56 Å². The number of H-pyrrole nitrogens is 1. The van der Waals surface area contributed by atoms with E-state index in [4.69, 9.17) is 9.72 Å². The van der Waals surface area contributed by atoms with Crippen LogP contribution in [-0.2, 0) is 22.5 Å². The molecule has 0 radical (unpaired) electrons. The van der Waals surface area contributed by atoms with Crippen molar-refractivity contribution in [3.05, 3.63) is 51.9 Å². The highest BCUT2D eigenvalue weighted by Gasteiger charge is 2.23. The number of nitrogens with zero attached hydrogens (tertiary/aromatic N) is 2. The van der Waals surface area contributed by atoms with Gasteiger partial charge in [0.05, 0.1) is 23.1 Å². The van der Waals surface area contributed by atoms with E-state index >= 15 is 0 Å². The summed E-state index contributed by atoms with van der Waals surface area (Å²) in [6, 6.07) is 7.91. The second-order valence-electron chi connectivity index (χ2n) is 9.05. The summed E-state index contributed by atoms with van der Waals surface area (Å²) >= 11 is 0. The third-order valence-corrected chi connectivity index (χ3v) is 6.58. The molecule has 3 aromatic rings. The van der Waals surface area contributed by atoms with E-state index in [-0.39, 0.29) is 5.56 Å². The second kappa shape index (κ2) is 9.89. The number of carboxylic acid groups (broad SMARTS) is 1. The summed E-state index contributed by atoms with van der Waals surface area (Å²) < 4.78 is 7.74. The second-order valence-corrected chi connectivity index (χ2v) is 9.05. The zero-order valence-corrected chi connectivity index (χ0v) is 19.1. The normalized spacial score (nSPS) is 16.7. The fraction of sp³-hybridized carbons (Fsp3) is 0.480. The van der Waals surface area contributed by atoms with Crippen molar-refractivity contribution in [1.29, 1.82) is 0 Å². The number of aryl methyl sites for hydroxylation is 2. The van der Waals surface area contributed by atoms with Gasteiger partial charge in [-0.25, -0.2) is 4.98 Å². The fourth-order valence-electron chi connectivity index (χ4n) is 4.54. The van der Waals surface area contributed by atoms with E-state index in [1.807, 2.05) is 24.3 Å². The van der Waals surface area contributed by atoms with E-state index in [9.17, 15) is 19.8 Å². The molecular formula is C25H31N3O5. The van der Waals surface area contributed by atoms with E-state index in [2.05, 4.69) is 9.55 Å². The van der Waals surface area contributed by atoms with Crippen molar-refractivity contribution >= 4 is 17.0 Å². The standard InChI is InChI=1S/C25H31N3O5/c1-15-11-19(13-26-24(15)30)23-27-21-12-17(3-5-20(16(2)29)25(31)32)4-6-22(21)28(23)14-18-7-9-33-10-8-18/h4,6,11-13,16,18,20,29H,3,5,7-10,14H2,1-2H3,(H,26,30)(H,31,32)/t16-,20+/m1/s1. The molecule has 1 saturated heterocycles. The lowest BCUT2D eigenvalue weighted by Crippen LogP contribution is -2.26. The van der Waals surface area contributed by atoms with Crippen LogP contribution in [0.1, 0.15) is 37.3 Å². The first-order valence-corrected chi connectivity index (χ1v) is 11.5. The Labute approximate surface area is 192 Å². The molecule has 8 nitrogen and oxygen atoms in total. The largest absolute Gasteiger partial charge is 0.481 e. The lowest BCUT2D eigenvalue weighted by Gasteiger charge is -2.23. The molecule has 1 aromatic carbocycles. The first-order chi connectivity index (χ1) is 15.8. The molecule has 0 amide bonds. The van der Waals surface area contributed by atoms with Gasteiger partial charge in [-0.1, -0.05) is 6.07 Å². The maximum atomic E-state index is 11.9. The number of aromatic nitrogens is 3. The summed E-state index contributed by atoms with van der Waals surface area (Å²) in [7, 11) is 0. The van der Waals surface area contributed by atoms with Crippen molar-refractivity contribution in [3.8, 4) is 11.4 Å². The first kappa shape index (κ1) is 23.2. The predicted octanol–water partition coefficient (Wildman–Crippen LogP) is 3.14. The van der Waals surface area contributed by atoms with E-state index in [1.54, 1.807) is 13.1 Å². The number of hydrogen-bond acceptors (Lipinski definition) is 5. The van der Waals surface area contributed by atoms with Gasteiger partial charge in [-0.2, -0.15) is 0 Å². The highest BCUT2D eigenvalue weighted by Crippen LogP contribution is 2.29. The van der Waals surface area contributed by atoms with Gasteiger partial charge in [-0.05, 0) is 69.2 Å². The van der Waals surface area contributed by atoms with Gasteiger partial charge in [0.1, 0.15) is 5.82 Å². The molecule has 0 bridgehead atoms. The van der Waals surface area contributed by atoms with Crippen LogP contribution in [0.5, 0.6) is 0 Å². The number of aliphatic hydroxyl groups is 1. The molecule has 1 fully saturated rings. The van der Waals surface area contributed by atoms with Gasteiger partial charge in [0.2, 0.25) is 0 Å². The Morgan fingerprint density at radius 1 is 1.30 bits per heavy atom. The van der Waals surface area contributed by atoms with E-state index in [0.29, 0.717) is 24.3 Å². The maximum absolute atomic E-state index is 11.9. The molecule has 0 spiro atoms. The molecule has 2 atom stereocenters. The molecule has 3 N–H and O–H groups in total. The molecule has 0 unspecified atom stereocenters. The molecular weight excluding hydrogens is 422 g/mol. The Balaban J connectivity index is 1.70. The number of imidazole rings is 1. The van der Waals surface area contributed by atoms with Crippen LogP contribution in [0.25, 0.3) is 22.4 Å². The van der Waals surface area contributed by atoms with Gasteiger partial charge in [-0.3, -0.25) is 9.59 Å². The number of ether oxygens (including phenoxy) is 1. The number of aromatic amines is 1. The Bertz CT molecular complexity index is 1190. The van der Waals surface area contributed by atoms with Gasteiger partial charge >= 0.3 is 5.97 Å². The number of carboxylic acids is 1. The Morgan fingerprint density at radius 2 is 2.06 bits per heavy atom. The summed E-state index contributed by atoms with van der Waals surface area (Å²) in [5.41, 5.74) is 4.21. The van der Waals surface area contributed by atoms with E-state index < -0.39 is 18.0 Å². The quantitative estimate of drug-likeness (QED) is 0.482. The topological polar surface area (TPSA) is 117 Å². The highest BCUT2D eigenvalue weighted by molar-refractivity contribution is 5.81. The van der Waals surface area contributed by atoms with Crippen molar-refractivity contribution in [1.82, 2.24) is 14.5 Å². The van der Waals surface area contributed by atoms with Gasteiger partial charge < -0.3 is 24.5 Å². The van der Waals surface area contributed by atoms with Crippen LogP contribution in [0.3, 0.4) is 0 Å². The predicted molar refractivity (Wildman–Crippen MR) is 125 cm³/mol. The minimum absolute atomic E-state index is 0.112. The molecule has 8 heteroatoms. The van der Waals surface area contributed by atoms with Crippen LogP contribution < -0.4 is 5.56 Å². The average molecular weight is 454 g/mol. The number of fused-ring (bicyclic) bond motifs is 1. The van der Waals surface area contributed by atoms with Gasteiger partial charge in [-0.15, -0.1) is 0 Å². The number of benzene rings is 1. The van der Waals surface area contributed by atoms with Gasteiger partial charge in [0.15, 0.2) is 0 Å². The molecule has 0 aliphatic carbocycles. The first-order valence-electron chi connectivity index (χ1n) is 11.5. The summed E-state index contributed by atoms with van der Waals surface area (Å²) in [4.78, 5) is 31.0. The monoisotopic (exact) mass is 453 g/mol. The fourth-order valence-corrected chi connectivity index (χ4v) is 4.54. The SMILES string of the molecule is Cc1cc(-c2nc3cc(CC[C@H](C(=O)O)[C@@H](C)O)ccc3n2CC2CCOCC2)c[nH]c1=O. The summed E-state index contributed by atoms with van der Waals surface area (Å²) in [6.07, 6.45) is 3.69. The average Bonchev–Trinajstić information content (AvgIpc) is 3.13. The van der Waals surface area contributed by atoms with Crippen LogP contribution in [0, 0.1) is 18.8 Å². The highest BCUT2D eigenvalue weighted by atomic mass is 16.5. The van der Waals surface area contributed by atoms with Crippen LogP contribution in [0.15, 0.2) is 35.3 Å². The van der Waals surface area contributed by atoms with Crippen molar-refractivity contribution in [2.24, 2.45) is 11.8 Å². The molecule has 1 aliphatic heterocycles.